The number of benzene rings is 2. The monoisotopic (exact) mass is 605 g/mol. The van der Waals surface area contributed by atoms with Gasteiger partial charge in [0.25, 0.3) is 0 Å². The molecule has 0 aromatic heterocycles. The number of piperazine rings is 1. The second kappa shape index (κ2) is 14.6. The first kappa shape index (κ1) is 32.0. The molecule has 2 aromatic carbocycles. The molecule has 1 saturated carbocycles. The van der Waals surface area contributed by atoms with Gasteiger partial charge in [-0.2, -0.15) is 0 Å². The predicted molar refractivity (Wildman–Crippen MR) is 167 cm³/mol. The summed E-state index contributed by atoms with van der Waals surface area (Å²) in [6.45, 7) is 4.84. The molecule has 2 heterocycles. The van der Waals surface area contributed by atoms with Gasteiger partial charge in [0.15, 0.2) is 0 Å². The Balaban J connectivity index is 1.17. The number of carbonyl (C=O) groups is 3. The molecule has 9 nitrogen and oxygen atoms in total. The molecule has 2 N–H and O–H groups in total. The van der Waals surface area contributed by atoms with Crippen molar-refractivity contribution in [3.05, 3.63) is 65.2 Å². The van der Waals surface area contributed by atoms with Crippen molar-refractivity contribution in [1.29, 1.82) is 0 Å². The van der Waals surface area contributed by atoms with Gasteiger partial charge in [-0.1, -0.05) is 56.9 Å². The van der Waals surface area contributed by atoms with E-state index in [1.54, 1.807) is 19.2 Å². The third kappa shape index (κ3) is 7.10. The Kier molecular flexibility index (Phi) is 10.6. The Labute approximate surface area is 260 Å². The fourth-order valence-electron chi connectivity index (χ4n) is 6.99. The van der Waals surface area contributed by atoms with Gasteiger partial charge < -0.3 is 24.8 Å². The third-order valence-corrected chi connectivity index (χ3v) is 9.78. The van der Waals surface area contributed by atoms with Gasteiger partial charge in [0.1, 0.15) is 23.9 Å². The minimum Gasteiger partial charge on any atom is -0.497 e. The Morgan fingerprint density at radius 1 is 1.00 bits per heavy atom. The third-order valence-electron chi connectivity index (χ3n) is 9.78. The fraction of sp³-hybridized carbons (Fsp3) is 0.571. The van der Waals surface area contributed by atoms with Crippen molar-refractivity contribution in [2.75, 3.05) is 26.7 Å². The van der Waals surface area contributed by atoms with E-state index < -0.39 is 17.7 Å². The molecule has 9 heteroatoms. The Bertz CT molecular complexity index is 1270. The topological polar surface area (TPSA) is 108 Å². The maximum absolute atomic E-state index is 13.8. The van der Waals surface area contributed by atoms with Crippen molar-refractivity contribution in [2.45, 2.75) is 95.5 Å². The molecule has 2 unspecified atom stereocenters. The van der Waals surface area contributed by atoms with Crippen LogP contribution < -0.4 is 10.1 Å². The van der Waals surface area contributed by atoms with Gasteiger partial charge in [-0.3, -0.25) is 14.5 Å². The van der Waals surface area contributed by atoms with E-state index in [0.29, 0.717) is 44.6 Å². The molecule has 2 aliphatic heterocycles. The number of likely N-dealkylation sites (tertiary alicyclic amines) is 1. The number of unbranched alkanes of at least 4 members (excludes halogenated alkanes) is 1. The van der Waals surface area contributed by atoms with Gasteiger partial charge >= 0.3 is 5.97 Å². The van der Waals surface area contributed by atoms with E-state index in [1.807, 2.05) is 41.3 Å². The molecule has 44 heavy (non-hydrogen) atoms. The zero-order valence-electron chi connectivity index (χ0n) is 26.1. The first-order valence-corrected chi connectivity index (χ1v) is 16.3. The van der Waals surface area contributed by atoms with Crippen LogP contribution in [0.2, 0.25) is 0 Å². The minimum absolute atomic E-state index is 0.0589. The molecule has 3 fully saturated rings. The molecule has 0 radical (unpaired) electrons. The molecule has 2 amide bonds. The van der Waals surface area contributed by atoms with Crippen LogP contribution in [0.5, 0.6) is 5.75 Å². The quantitative estimate of drug-likeness (QED) is 0.364. The number of hydrogen-bond acceptors (Lipinski definition) is 7. The SMILES string of the molecule is CCCCN1C(=O)C(C(O)C2CCCCC2)NC(=O)C12CCN(Cc1ccc(C(=O)OCc3ccc(OC)cc3)cc1)CC2. The van der Waals surface area contributed by atoms with Gasteiger partial charge in [-0.15, -0.1) is 0 Å². The van der Waals surface area contributed by atoms with Gasteiger partial charge in [0, 0.05) is 26.2 Å². The van der Waals surface area contributed by atoms with Crippen molar-refractivity contribution in [3.8, 4) is 5.75 Å². The Morgan fingerprint density at radius 3 is 2.30 bits per heavy atom. The summed E-state index contributed by atoms with van der Waals surface area (Å²) in [4.78, 5) is 44.3. The van der Waals surface area contributed by atoms with E-state index >= 15 is 0 Å². The number of aliphatic hydroxyl groups is 1. The molecule has 2 saturated heterocycles. The molecule has 238 valence electrons. The molecule has 1 aliphatic carbocycles. The summed E-state index contributed by atoms with van der Waals surface area (Å²) in [5.41, 5.74) is 1.57. The summed E-state index contributed by atoms with van der Waals surface area (Å²) in [7, 11) is 1.61. The lowest BCUT2D eigenvalue weighted by molar-refractivity contribution is -0.166. The number of nitrogens with one attached hydrogen (secondary N) is 1. The second-order valence-corrected chi connectivity index (χ2v) is 12.6. The van der Waals surface area contributed by atoms with Crippen LogP contribution in [0.3, 0.4) is 0 Å². The number of rotatable bonds is 11. The number of hydrogen-bond donors (Lipinski definition) is 2. The first-order chi connectivity index (χ1) is 21.3. The summed E-state index contributed by atoms with van der Waals surface area (Å²) in [5.74, 6) is 0.189. The van der Waals surface area contributed by atoms with Crippen LogP contribution in [0, 0.1) is 5.92 Å². The summed E-state index contributed by atoms with van der Waals surface area (Å²) >= 11 is 0. The summed E-state index contributed by atoms with van der Waals surface area (Å²) in [6.07, 6.45) is 7.12. The normalized spacial score (nSPS) is 21.6. The fourth-order valence-corrected chi connectivity index (χ4v) is 6.99. The molecule has 1 spiro atoms. The number of esters is 1. The van der Waals surface area contributed by atoms with Crippen LogP contribution >= 0.6 is 0 Å². The summed E-state index contributed by atoms with van der Waals surface area (Å²) < 4.78 is 10.6. The molecular formula is C35H47N3O6. The van der Waals surface area contributed by atoms with Gasteiger partial charge in [-0.05, 0) is 73.4 Å². The Hall–Kier alpha value is -3.43. The zero-order chi connectivity index (χ0) is 31.1. The maximum Gasteiger partial charge on any atom is 0.338 e. The van der Waals surface area contributed by atoms with Crippen LogP contribution in [-0.4, -0.2) is 77.1 Å². The highest BCUT2D eigenvalue weighted by Crippen LogP contribution is 2.36. The van der Waals surface area contributed by atoms with Gasteiger partial charge in [0.05, 0.1) is 18.8 Å². The molecule has 5 rings (SSSR count). The summed E-state index contributed by atoms with van der Waals surface area (Å²) in [5, 5.41) is 14.2. The molecule has 0 bridgehead atoms. The number of aliphatic hydroxyl groups excluding tert-OH is 1. The van der Waals surface area contributed by atoms with E-state index in [-0.39, 0.29) is 30.3 Å². The maximum atomic E-state index is 13.8. The highest BCUT2D eigenvalue weighted by Gasteiger charge is 2.55. The molecule has 2 atom stereocenters. The lowest BCUT2D eigenvalue weighted by Gasteiger charge is -2.52. The lowest BCUT2D eigenvalue weighted by atomic mass is 9.78. The van der Waals surface area contributed by atoms with Gasteiger partial charge in [-0.25, -0.2) is 4.79 Å². The number of amides is 2. The van der Waals surface area contributed by atoms with Crippen LogP contribution in [0.1, 0.15) is 86.2 Å². The van der Waals surface area contributed by atoms with Crippen LogP contribution in [-0.2, 0) is 27.5 Å². The second-order valence-electron chi connectivity index (χ2n) is 12.6. The summed E-state index contributed by atoms with van der Waals surface area (Å²) in [6, 6.07) is 14.0. The van der Waals surface area contributed by atoms with E-state index in [1.165, 1.54) is 6.42 Å². The highest BCUT2D eigenvalue weighted by molar-refractivity contribution is 6.00. The predicted octanol–water partition coefficient (Wildman–Crippen LogP) is 4.46. The average molecular weight is 606 g/mol. The highest BCUT2D eigenvalue weighted by atomic mass is 16.5. The molecular weight excluding hydrogens is 558 g/mol. The zero-order valence-corrected chi connectivity index (χ0v) is 26.1. The van der Waals surface area contributed by atoms with E-state index in [2.05, 4.69) is 17.1 Å². The minimum atomic E-state index is -0.872. The Morgan fingerprint density at radius 2 is 1.66 bits per heavy atom. The van der Waals surface area contributed by atoms with Crippen molar-refractivity contribution < 1.29 is 29.0 Å². The molecule has 2 aromatic rings. The van der Waals surface area contributed by atoms with E-state index in [9.17, 15) is 19.5 Å². The largest absolute Gasteiger partial charge is 0.497 e. The standard InChI is InChI=1S/C35H47N3O6/c1-3-4-20-38-32(40)30(31(39)27-8-6-5-7-9-27)36-34(42)35(38)18-21-37(22-19-35)23-25-10-14-28(15-11-25)33(41)44-24-26-12-16-29(43-2)17-13-26/h10-17,27,30-31,39H,3-9,18-24H2,1-2H3,(H,36,42). The number of ether oxygens (including phenoxy) is 2. The van der Waals surface area contributed by atoms with Crippen LogP contribution in [0.25, 0.3) is 0 Å². The average Bonchev–Trinajstić information content (AvgIpc) is 3.07. The number of methoxy groups -OCH3 is 1. The van der Waals surface area contributed by atoms with Crippen molar-refractivity contribution in [2.24, 2.45) is 5.92 Å². The smallest absolute Gasteiger partial charge is 0.338 e. The van der Waals surface area contributed by atoms with Crippen molar-refractivity contribution >= 4 is 17.8 Å². The van der Waals surface area contributed by atoms with Crippen molar-refractivity contribution in [3.63, 3.8) is 0 Å². The first-order valence-electron chi connectivity index (χ1n) is 16.3. The number of carbonyl (C=O) groups excluding carboxylic acids is 3. The van der Waals surface area contributed by atoms with Crippen LogP contribution in [0.15, 0.2) is 48.5 Å². The van der Waals surface area contributed by atoms with Gasteiger partial charge in [0.2, 0.25) is 11.8 Å². The van der Waals surface area contributed by atoms with E-state index in [4.69, 9.17) is 9.47 Å². The van der Waals surface area contributed by atoms with E-state index in [0.717, 1.165) is 55.4 Å². The number of piperidine rings is 1. The van der Waals surface area contributed by atoms with Crippen molar-refractivity contribution in [1.82, 2.24) is 15.1 Å². The molecule has 3 aliphatic rings. The number of nitrogens with zero attached hydrogens (tertiary/aromatic N) is 2. The lowest BCUT2D eigenvalue weighted by Crippen LogP contribution is -2.75. The van der Waals surface area contributed by atoms with Crippen LogP contribution in [0.4, 0.5) is 0 Å².